The van der Waals surface area contributed by atoms with E-state index >= 15 is 0 Å². The molecule has 1 unspecified atom stereocenters. The number of nitrogens with two attached hydrogens (primary N) is 1. The number of aliphatic hydroxyl groups excluding tert-OH is 3. The fourth-order valence-corrected chi connectivity index (χ4v) is 4.79. The Morgan fingerprint density at radius 1 is 1.42 bits per heavy atom. The maximum absolute atomic E-state index is 10.3. The van der Waals surface area contributed by atoms with Crippen LogP contribution in [0.4, 0.5) is 0 Å². The summed E-state index contributed by atoms with van der Waals surface area (Å²) in [7, 11) is 0. The van der Waals surface area contributed by atoms with E-state index in [0.29, 0.717) is 18.0 Å². The Morgan fingerprint density at radius 2 is 2.23 bits per heavy atom. The maximum atomic E-state index is 10.3. The molecule has 11 heteroatoms. The fraction of sp³-hybridized carbons (Fsp3) is 0.533. The van der Waals surface area contributed by atoms with Gasteiger partial charge >= 0.3 is 0 Å². The average Bonchev–Trinajstić information content (AvgIpc) is 3.29. The second-order valence-electron chi connectivity index (χ2n) is 6.36. The Kier molecular flexibility index (Phi) is 4.88. The highest BCUT2D eigenvalue weighted by Crippen LogP contribution is 2.31. The molecule has 0 spiro atoms. The lowest BCUT2D eigenvalue weighted by Gasteiger charge is -2.32. The number of halogens is 1. The van der Waals surface area contributed by atoms with Gasteiger partial charge in [0.1, 0.15) is 37.0 Å². The van der Waals surface area contributed by atoms with Gasteiger partial charge in [0.2, 0.25) is 0 Å². The van der Waals surface area contributed by atoms with Crippen molar-refractivity contribution in [3.8, 4) is 0 Å². The number of rotatable bonds is 4. The van der Waals surface area contributed by atoms with Crippen LogP contribution in [0.3, 0.4) is 0 Å². The molecule has 1 saturated heterocycles. The minimum Gasteiger partial charge on any atom is -0.394 e. The Balaban J connectivity index is 1.58. The summed E-state index contributed by atoms with van der Waals surface area (Å²) in [6.45, 7) is -0.203. The first-order valence-corrected chi connectivity index (χ1v) is 9.97. The Labute approximate surface area is 167 Å². The van der Waals surface area contributed by atoms with E-state index in [2.05, 4.69) is 37.6 Å². The minimum atomic E-state index is -1.19. The first-order valence-electron chi connectivity index (χ1n) is 8.01. The zero-order valence-electron chi connectivity index (χ0n) is 13.6. The van der Waals surface area contributed by atoms with Gasteiger partial charge in [0.15, 0.2) is 17.7 Å². The van der Waals surface area contributed by atoms with Crippen LogP contribution < -0.4 is 5.73 Å². The Hall–Kier alpha value is -0.960. The van der Waals surface area contributed by atoms with Crippen LogP contribution in [0.1, 0.15) is 5.56 Å². The lowest BCUT2D eigenvalue weighted by Crippen LogP contribution is -2.56. The highest BCUT2D eigenvalue weighted by Gasteiger charge is 2.50. The van der Waals surface area contributed by atoms with Gasteiger partial charge in [-0.1, -0.05) is 0 Å². The number of nitrogens with zero attached hydrogens (tertiary/aromatic N) is 4. The topological polar surface area (TPSA) is 136 Å². The Morgan fingerprint density at radius 3 is 2.88 bits per heavy atom. The molecule has 1 aromatic heterocycles. The van der Waals surface area contributed by atoms with Crippen molar-refractivity contribution < 1.29 is 20.1 Å². The molecule has 0 aliphatic carbocycles. The summed E-state index contributed by atoms with van der Waals surface area (Å²) in [4.78, 5) is 14.8. The van der Waals surface area contributed by atoms with Gasteiger partial charge in [-0.05, 0) is 39.6 Å². The number of hydrogen-bond donors (Lipinski definition) is 4. The molecular weight excluding hydrogens is 473 g/mol. The number of aliphatic hydroxyl groups is 3. The lowest BCUT2D eigenvalue weighted by molar-refractivity contribution is -0.0688. The molecule has 1 aromatic rings. The summed E-state index contributed by atoms with van der Waals surface area (Å²) in [5, 5.41) is 31.6. The molecule has 5 N–H and O–H groups in total. The molecule has 3 aliphatic rings. The normalized spacial score (nSPS) is 36.3. The third kappa shape index (κ3) is 2.91. The molecule has 0 aromatic carbocycles. The van der Waals surface area contributed by atoms with Gasteiger partial charge in [-0.25, -0.2) is 9.98 Å². The molecule has 1 fully saturated rings. The molecule has 9 nitrogen and oxygen atoms in total. The molecule has 26 heavy (non-hydrogen) atoms. The summed E-state index contributed by atoms with van der Waals surface area (Å²) < 4.78 is 6.74. The predicted octanol–water partition coefficient (Wildman–Crippen LogP) is -0.856. The van der Waals surface area contributed by atoms with E-state index in [0.717, 1.165) is 8.45 Å². The van der Waals surface area contributed by atoms with Crippen LogP contribution in [-0.2, 0) is 11.2 Å². The Bertz CT molecular complexity index is 799. The summed E-state index contributed by atoms with van der Waals surface area (Å²) in [5.41, 5.74) is 7.12. The van der Waals surface area contributed by atoms with Crippen molar-refractivity contribution in [1.29, 1.82) is 0 Å². The number of hydrogen-bond acceptors (Lipinski definition) is 10. The van der Waals surface area contributed by atoms with Crippen molar-refractivity contribution in [2.75, 3.05) is 13.3 Å². The quantitative estimate of drug-likeness (QED) is 0.405. The molecule has 3 aliphatic heterocycles. The van der Waals surface area contributed by atoms with Crippen molar-refractivity contribution in [1.82, 2.24) is 4.90 Å². The largest absolute Gasteiger partial charge is 0.394 e. The highest BCUT2D eigenvalue weighted by molar-refractivity contribution is 14.1. The van der Waals surface area contributed by atoms with Crippen LogP contribution in [0.2, 0.25) is 0 Å². The van der Waals surface area contributed by atoms with E-state index in [9.17, 15) is 15.3 Å². The van der Waals surface area contributed by atoms with E-state index in [4.69, 9.17) is 10.5 Å². The molecular formula is C15H18IN5O4S. The molecule has 5 atom stereocenters. The zero-order chi connectivity index (χ0) is 18.5. The van der Waals surface area contributed by atoms with E-state index in [1.54, 1.807) is 16.2 Å². The first kappa shape index (κ1) is 18.4. The summed E-state index contributed by atoms with van der Waals surface area (Å²) >= 11 is 3.91. The van der Waals surface area contributed by atoms with Crippen LogP contribution in [0.5, 0.6) is 0 Å². The molecule has 0 saturated carbocycles. The SMILES string of the molecule is NC1(Cc2ccsc2I)N=CN=C2C1=NCN2[C@@H]1O[C@H](CO)[C@@H](O)[C@H]1O. The predicted molar refractivity (Wildman–Crippen MR) is 105 cm³/mol. The third-order valence-electron chi connectivity index (χ3n) is 4.72. The monoisotopic (exact) mass is 491 g/mol. The second-order valence-corrected chi connectivity index (χ2v) is 9.09. The van der Waals surface area contributed by atoms with Crippen LogP contribution in [0, 0.1) is 2.88 Å². The highest BCUT2D eigenvalue weighted by atomic mass is 127. The van der Waals surface area contributed by atoms with Crippen molar-refractivity contribution in [3.05, 3.63) is 19.9 Å². The van der Waals surface area contributed by atoms with Crippen LogP contribution in [0.15, 0.2) is 26.4 Å². The summed E-state index contributed by atoms with van der Waals surface area (Å²) in [6.07, 6.45) is -2.21. The fourth-order valence-electron chi connectivity index (χ4n) is 3.34. The van der Waals surface area contributed by atoms with Crippen molar-refractivity contribution in [2.45, 2.75) is 36.6 Å². The van der Waals surface area contributed by atoms with E-state index < -0.39 is 30.2 Å². The first-order chi connectivity index (χ1) is 12.4. The maximum Gasteiger partial charge on any atom is 0.162 e. The van der Waals surface area contributed by atoms with Gasteiger partial charge in [0.05, 0.1) is 9.49 Å². The lowest BCUT2D eigenvalue weighted by atomic mass is 9.96. The van der Waals surface area contributed by atoms with Crippen molar-refractivity contribution in [2.24, 2.45) is 20.7 Å². The van der Waals surface area contributed by atoms with Crippen molar-refractivity contribution >= 4 is 51.8 Å². The van der Waals surface area contributed by atoms with Gasteiger partial charge in [-0.3, -0.25) is 4.99 Å². The average molecular weight is 491 g/mol. The van der Waals surface area contributed by atoms with Gasteiger partial charge in [0.25, 0.3) is 0 Å². The van der Waals surface area contributed by atoms with Crippen molar-refractivity contribution in [3.63, 3.8) is 0 Å². The number of fused-ring (bicyclic) bond motifs is 1. The molecule has 0 radical (unpaired) electrons. The second kappa shape index (κ2) is 6.89. The molecule has 4 rings (SSSR count). The molecule has 0 bridgehead atoms. The molecule has 4 heterocycles. The summed E-state index contributed by atoms with van der Waals surface area (Å²) in [5.74, 6) is 0.475. The number of ether oxygens (including phenoxy) is 1. The third-order valence-corrected chi connectivity index (χ3v) is 6.92. The standard InChI is InChI=1S/C15H18IN5O4S/c16-12-7(1-2-26-12)3-15(17)11-13(18-5-20-15)21(6-19-11)14-10(24)9(23)8(4-22)25-14/h1-2,5,8-10,14,22-24H,3-4,6,17H2/t8-,9-,10-,14-,15?/m1/s1. The van der Waals surface area contributed by atoms with Gasteiger partial charge in [-0.15, -0.1) is 11.3 Å². The van der Waals surface area contributed by atoms with Gasteiger partial charge in [0, 0.05) is 6.42 Å². The van der Waals surface area contributed by atoms with Crippen LogP contribution in [-0.4, -0.2) is 81.6 Å². The van der Waals surface area contributed by atoms with E-state index in [-0.39, 0.29) is 13.3 Å². The van der Waals surface area contributed by atoms with E-state index in [1.807, 2.05) is 11.4 Å². The molecule has 140 valence electrons. The summed E-state index contributed by atoms with van der Waals surface area (Å²) in [6, 6.07) is 2.02. The number of amidine groups is 1. The number of aliphatic imine (C=N–C) groups is 3. The van der Waals surface area contributed by atoms with Crippen LogP contribution in [0.25, 0.3) is 0 Å². The number of thiophene rings is 1. The molecule has 0 amide bonds. The minimum absolute atomic E-state index is 0.184. The van der Waals surface area contributed by atoms with Gasteiger partial charge in [-0.2, -0.15) is 0 Å². The van der Waals surface area contributed by atoms with Gasteiger partial charge < -0.3 is 30.7 Å². The van der Waals surface area contributed by atoms with E-state index in [1.165, 1.54) is 6.34 Å². The zero-order valence-corrected chi connectivity index (χ0v) is 16.5. The van der Waals surface area contributed by atoms with Crippen LogP contribution >= 0.6 is 33.9 Å². The smallest absolute Gasteiger partial charge is 0.162 e.